The van der Waals surface area contributed by atoms with Gasteiger partial charge in [0.1, 0.15) is 5.03 Å². The molecule has 0 amide bonds. The van der Waals surface area contributed by atoms with Gasteiger partial charge in [0.15, 0.2) is 12.4 Å². The number of pyridine rings is 1. The van der Waals surface area contributed by atoms with E-state index >= 15 is 0 Å². The fraction of sp³-hybridized carbons (Fsp3) is 0.118. The largest absolute Gasteiger partial charge is 0.454 e. The van der Waals surface area contributed by atoms with Gasteiger partial charge in [-0.05, 0) is 31.2 Å². The Kier molecular flexibility index (Phi) is 5.28. The quantitative estimate of drug-likeness (QED) is 0.651. The molecule has 9 heteroatoms. The van der Waals surface area contributed by atoms with E-state index in [2.05, 4.69) is 19.9 Å². The normalized spacial score (nSPS) is 10.5. The van der Waals surface area contributed by atoms with Crippen molar-refractivity contribution in [3.8, 4) is 0 Å². The lowest BCUT2D eigenvalue weighted by molar-refractivity contribution is 0.0457. The Morgan fingerprint density at radius 2 is 1.77 bits per heavy atom. The molecule has 132 valence electrons. The molecule has 0 saturated carbocycles. The minimum atomic E-state index is -0.537. The summed E-state index contributed by atoms with van der Waals surface area (Å²) in [7, 11) is 0. The molecular formula is C17H16N6O2S. The molecule has 0 bridgehead atoms. The second-order valence-corrected chi connectivity index (χ2v) is 6.38. The molecule has 0 aliphatic heterocycles. The zero-order valence-corrected chi connectivity index (χ0v) is 14.7. The molecule has 0 unspecified atom stereocenters. The standard InChI is InChI=1S/C17H16N6O2S/c1-10-4-6-11(7-5-10)26-14-12(3-2-8-20-14)15(24)25-9-13-21-16(18)23-17(19)22-13/h2-8H,9H2,1H3,(H4,18,19,21,22,23). The molecule has 0 aliphatic carbocycles. The molecule has 4 N–H and O–H groups in total. The van der Waals surface area contributed by atoms with Crippen molar-refractivity contribution in [2.75, 3.05) is 11.5 Å². The van der Waals surface area contributed by atoms with Gasteiger partial charge >= 0.3 is 5.97 Å². The molecule has 2 heterocycles. The number of hydrogen-bond acceptors (Lipinski definition) is 9. The lowest BCUT2D eigenvalue weighted by Crippen LogP contribution is -2.12. The smallest absolute Gasteiger partial charge is 0.341 e. The second-order valence-electron chi connectivity index (χ2n) is 5.32. The Morgan fingerprint density at radius 1 is 1.08 bits per heavy atom. The zero-order valence-electron chi connectivity index (χ0n) is 13.9. The fourth-order valence-electron chi connectivity index (χ4n) is 2.07. The maximum Gasteiger partial charge on any atom is 0.341 e. The van der Waals surface area contributed by atoms with E-state index in [-0.39, 0.29) is 24.3 Å². The van der Waals surface area contributed by atoms with Crippen molar-refractivity contribution in [3.63, 3.8) is 0 Å². The lowest BCUT2D eigenvalue weighted by atomic mass is 10.2. The van der Waals surface area contributed by atoms with E-state index in [9.17, 15) is 4.79 Å². The Bertz CT molecular complexity index is 913. The Balaban J connectivity index is 1.74. The number of nitrogens with two attached hydrogens (primary N) is 2. The Hall–Kier alpha value is -3.20. The van der Waals surface area contributed by atoms with Crippen LogP contribution >= 0.6 is 11.8 Å². The number of anilines is 2. The monoisotopic (exact) mass is 368 g/mol. The average Bonchev–Trinajstić information content (AvgIpc) is 2.61. The maximum absolute atomic E-state index is 12.4. The first-order chi connectivity index (χ1) is 12.5. The van der Waals surface area contributed by atoms with Gasteiger partial charge in [-0.25, -0.2) is 9.78 Å². The minimum absolute atomic E-state index is 0.0273. The highest BCUT2D eigenvalue weighted by Gasteiger charge is 2.16. The number of ether oxygens (including phenoxy) is 1. The number of benzene rings is 1. The van der Waals surface area contributed by atoms with E-state index in [1.165, 1.54) is 11.8 Å². The molecule has 0 atom stereocenters. The van der Waals surface area contributed by atoms with E-state index < -0.39 is 5.97 Å². The number of carbonyl (C=O) groups is 1. The minimum Gasteiger partial charge on any atom is -0.454 e. The number of hydrogen-bond donors (Lipinski definition) is 2. The summed E-state index contributed by atoms with van der Waals surface area (Å²) in [6.45, 7) is 1.85. The van der Waals surface area contributed by atoms with Crippen molar-refractivity contribution in [2.45, 2.75) is 23.5 Å². The van der Waals surface area contributed by atoms with Crippen LogP contribution in [0.4, 0.5) is 11.9 Å². The van der Waals surface area contributed by atoms with Crippen LogP contribution in [0.2, 0.25) is 0 Å². The van der Waals surface area contributed by atoms with E-state index in [0.717, 1.165) is 10.5 Å². The molecule has 3 rings (SSSR count). The van der Waals surface area contributed by atoms with Crippen LogP contribution in [-0.2, 0) is 11.3 Å². The van der Waals surface area contributed by atoms with Crippen molar-refractivity contribution < 1.29 is 9.53 Å². The zero-order chi connectivity index (χ0) is 18.5. The first kappa shape index (κ1) is 17.6. The molecule has 8 nitrogen and oxygen atoms in total. The Labute approximate surface area is 154 Å². The van der Waals surface area contributed by atoms with E-state index in [1.54, 1.807) is 18.3 Å². The molecule has 2 aromatic heterocycles. The fourth-order valence-corrected chi connectivity index (χ4v) is 2.94. The van der Waals surface area contributed by atoms with E-state index in [1.807, 2.05) is 31.2 Å². The third-order valence-electron chi connectivity index (χ3n) is 3.28. The topological polar surface area (TPSA) is 130 Å². The highest BCUT2D eigenvalue weighted by molar-refractivity contribution is 7.99. The molecule has 26 heavy (non-hydrogen) atoms. The first-order valence-electron chi connectivity index (χ1n) is 7.64. The van der Waals surface area contributed by atoms with Gasteiger partial charge in [-0.15, -0.1) is 0 Å². The number of carbonyl (C=O) groups excluding carboxylic acids is 1. The number of esters is 1. The summed E-state index contributed by atoms with van der Waals surface area (Å²) in [6.07, 6.45) is 1.63. The van der Waals surface area contributed by atoms with Crippen LogP contribution < -0.4 is 11.5 Å². The van der Waals surface area contributed by atoms with Crippen molar-refractivity contribution in [1.82, 2.24) is 19.9 Å². The average molecular weight is 368 g/mol. The summed E-state index contributed by atoms with van der Waals surface area (Å²) in [4.78, 5) is 29.1. The van der Waals surface area contributed by atoms with Crippen molar-refractivity contribution in [1.29, 1.82) is 0 Å². The van der Waals surface area contributed by atoms with E-state index in [4.69, 9.17) is 16.2 Å². The van der Waals surface area contributed by atoms with Crippen LogP contribution in [-0.4, -0.2) is 25.9 Å². The predicted octanol–water partition coefficient (Wildman–Crippen LogP) is 2.25. The number of rotatable bonds is 5. The molecule has 0 spiro atoms. The third kappa shape index (κ3) is 4.45. The highest BCUT2D eigenvalue weighted by atomic mass is 32.2. The van der Waals surface area contributed by atoms with Crippen LogP contribution in [0, 0.1) is 6.92 Å². The molecule has 0 fully saturated rings. The number of nitrogen functional groups attached to an aromatic ring is 2. The molecule has 0 saturated heterocycles. The van der Waals surface area contributed by atoms with E-state index in [0.29, 0.717) is 10.6 Å². The summed E-state index contributed by atoms with van der Waals surface area (Å²) < 4.78 is 5.27. The number of aryl methyl sites for hydroxylation is 1. The predicted molar refractivity (Wildman–Crippen MR) is 97.3 cm³/mol. The van der Waals surface area contributed by atoms with Crippen molar-refractivity contribution >= 4 is 29.6 Å². The van der Waals surface area contributed by atoms with Gasteiger partial charge in [0.25, 0.3) is 0 Å². The summed E-state index contributed by atoms with van der Waals surface area (Å²) in [5.41, 5.74) is 12.5. The highest BCUT2D eigenvalue weighted by Crippen LogP contribution is 2.29. The molecule has 3 aromatic rings. The van der Waals surface area contributed by atoms with Gasteiger partial charge in [-0.1, -0.05) is 29.5 Å². The van der Waals surface area contributed by atoms with Crippen molar-refractivity contribution in [2.24, 2.45) is 0 Å². The summed E-state index contributed by atoms with van der Waals surface area (Å²) >= 11 is 1.38. The molecule has 0 aliphatic rings. The number of aromatic nitrogens is 4. The third-order valence-corrected chi connectivity index (χ3v) is 4.30. The maximum atomic E-state index is 12.4. The van der Waals surface area contributed by atoms with Gasteiger partial charge in [-0.3, -0.25) is 0 Å². The first-order valence-corrected chi connectivity index (χ1v) is 8.45. The second kappa shape index (κ2) is 7.79. The van der Waals surface area contributed by atoms with Gasteiger partial charge in [-0.2, -0.15) is 15.0 Å². The van der Waals surface area contributed by atoms with Gasteiger partial charge in [0.2, 0.25) is 11.9 Å². The van der Waals surface area contributed by atoms with Crippen LogP contribution in [0.25, 0.3) is 0 Å². The lowest BCUT2D eigenvalue weighted by Gasteiger charge is -2.08. The van der Waals surface area contributed by atoms with Gasteiger partial charge in [0.05, 0.1) is 5.56 Å². The molecule has 1 aromatic carbocycles. The van der Waals surface area contributed by atoms with Crippen LogP contribution in [0.5, 0.6) is 0 Å². The molecular weight excluding hydrogens is 352 g/mol. The summed E-state index contributed by atoms with van der Waals surface area (Å²) in [6, 6.07) is 11.3. The number of nitrogens with zero attached hydrogens (tertiary/aromatic N) is 4. The van der Waals surface area contributed by atoms with Gasteiger partial charge < -0.3 is 16.2 Å². The van der Waals surface area contributed by atoms with Gasteiger partial charge in [0, 0.05) is 11.1 Å². The SMILES string of the molecule is Cc1ccc(Sc2ncccc2C(=O)OCc2nc(N)nc(N)n2)cc1. The van der Waals surface area contributed by atoms with Crippen LogP contribution in [0.1, 0.15) is 21.7 Å². The van der Waals surface area contributed by atoms with Crippen LogP contribution in [0.3, 0.4) is 0 Å². The summed E-state index contributed by atoms with van der Waals surface area (Å²) in [5, 5.41) is 0.552. The van der Waals surface area contributed by atoms with Crippen molar-refractivity contribution in [3.05, 3.63) is 59.5 Å². The molecule has 0 radical (unpaired) electrons. The Morgan fingerprint density at radius 3 is 2.46 bits per heavy atom. The van der Waals surface area contributed by atoms with Crippen LogP contribution in [0.15, 0.2) is 52.5 Å². The summed E-state index contributed by atoms with van der Waals surface area (Å²) in [5.74, 6) is -0.411.